The van der Waals surface area contributed by atoms with Crippen LogP contribution in [0.3, 0.4) is 0 Å². The Morgan fingerprint density at radius 3 is 2.47 bits per heavy atom. The molecule has 3 fully saturated rings. The van der Waals surface area contributed by atoms with Crippen molar-refractivity contribution >= 4 is 26.6 Å². The second kappa shape index (κ2) is 9.60. The van der Waals surface area contributed by atoms with E-state index in [9.17, 15) is 13.2 Å². The van der Waals surface area contributed by atoms with Crippen molar-refractivity contribution in [2.45, 2.75) is 67.8 Å². The molecule has 1 aromatic heterocycles. The van der Waals surface area contributed by atoms with E-state index in [0.29, 0.717) is 22.3 Å². The van der Waals surface area contributed by atoms with E-state index in [1.807, 2.05) is 42.5 Å². The van der Waals surface area contributed by atoms with Gasteiger partial charge in [0, 0.05) is 23.0 Å². The predicted molar refractivity (Wildman–Crippen MR) is 141 cm³/mol. The Morgan fingerprint density at radius 1 is 1.00 bits per heavy atom. The Morgan fingerprint density at radius 2 is 1.78 bits per heavy atom. The molecule has 3 aliphatic rings. The van der Waals surface area contributed by atoms with Crippen molar-refractivity contribution < 1.29 is 13.2 Å². The molecule has 2 N–H and O–H groups in total. The molecule has 1 saturated heterocycles. The minimum Gasteiger partial charge on any atom is -0.344 e. The number of sulfone groups is 1. The average Bonchev–Trinajstić information content (AvgIpc) is 3.83. The summed E-state index contributed by atoms with van der Waals surface area (Å²) in [6, 6.07) is 16.8. The third-order valence-corrected chi connectivity index (χ3v) is 9.66. The third-order valence-electron chi connectivity index (χ3n) is 7.76. The number of hydrogen-bond donors (Lipinski definition) is 2. The summed E-state index contributed by atoms with van der Waals surface area (Å²) in [6.07, 6.45) is 7.43. The van der Waals surface area contributed by atoms with Crippen molar-refractivity contribution in [3.63, 3.8) is 0 Å². The summed E-state index contributed by atoms with van der Waals surface area (Å²) in [4.78, 5) is 19.0. The van der Waals surface area contributed by atoms with Crippen molar-refractivity contribution in [1.29, 1.82) is 0 Å². The molecule has 1 amide bonds. The Balaban J connectivity index is 1.31. The maximum Gasteiger partial charge on any atom is 0.252 e. The van der Waals surface area contributed by atoms with Gasteiger partial charge >= 0.3 is 0 Å². The number of para-hydroxylation sites is 1. The molecule has 2 aliphatic carbocycles. The standard InChI is InChI=1S/C29H33N3O3S/c33-29(24-17-27(20-10-11-20)31-25-6-2-1-5-23(24)25)32-28(26-7-3-4-16-30-26)21-12-14-22(15-13-21)36(34,35)18-19-8-9-19/h1-2,5-6,12-15,17,19-20,26,28,30H,3-4,7-11,16,18H2,(H,32,33). The molecule has 0 spiro atoms. The van der Waals surface area contributed by atoms with Crippen LogP contribution < -0.4 is 10.6 Å². The van der Waals surface area contributed by atoms with E-state index in [-0.39, 0.29) is 23.7 Å². The predicted octanol–water partition coefficient (Wildman–Crippen LogP) is 4.91. The van der Waals surface area contributed by atoms with Gasteiger partial charge in [0.1, 0.15) is 0 Å². The van der Waals surface area contributed by atoms with Crippen LogP contribution in [0.4, 0.5) is 0 Å². The smallest absolute Gasteiger partial charge is 0.252 e. The van der Waals surface area contributed by atoms with Gasteiger partial charge in [-0.05, 0) is 80.8 Å². The number of fused-ring (bicyclic) bond motifs is 1. The van der Waals surface area contributed by atoms with Gasteiger partial charge in [-0.15, -0.1) is 0 Å². The molecule has 188 valence electrons. The number of pyridine rings is 1. The summed E-state index contributed by atoms with van der Waals surface area (Å²) < 4.78 is 25.5. The molecule has 1 aliphatic heterocycles. The maximum absolute atomic E-state index is 13.8. The van der Waals surface area contributed by atoms with Gasteiger partial charge in [-0.2, -0.15) is 0 Å². The molecule has 2 aromatic carbocycles. The molecule has 2 atom stereocenters. The molecule has 2 saturated carbocycles. The second-order valence-corrected chi connectivity index (χ2v) is 12.7. The molecule has 6 rings (SSSR count). The lowest BCUT2D eigenvalue weighted by atomic mass is 9.92. The monoisotopic (exact) mass is 503 g/mol. The molecular formula is C29H33N3O3S. The minimum atomic E-state index is -3.27. The Hall–Kier alpha value is -2.77. The first-order valence-corrected chi connectivity index (χ1v) is 14.9. The van der Waals surface area contributed by atoms with Gasteiger partial charge in [0.05, 0.1) is 27.8 Å². The lowest BCUT2D eigenvalue weighted by Gasteiger charge is -2.32. The van der Waals surface area contributed by atoms with Crippen LogP contribution in [-0.2, 0) is 9.84 Å². The number of nitrogens with one attached hydrogen (secondary N) is 2. The van der Waals surface area contributed by atoms with Crippen molar-refractivity contribution in [2.75, 3.05) is 12.3 Å². The topological polar surface area (TPSA) is 88.2 Å². The molecule has 2 unspecified atom stereocenters. The first kappa shape index (κ1) is 23.6. The zero-order valence-electron chi connectivity index (χ0n) is 20.4. The van der Waals surface area contributed by atoms with E-state index in [2.05, 4.69) is 10.6 Å². The number of piperidine rings is 1. The normalized spacial score (nSPS) is 21.3. The summed E-state index contributed by atoms with van der Waals surface area (Å²) in [7, 11) is -3.27. The molecule has 0 radical (unpaired) electrons. The van der Waals surface area contributed by atoms with Crippen LogP contribution in [0.2, 0.25) is 0 Å². The van der Waals surface area contributed by atoms with E-state index in [0.717, 1.165) is 73.7 Å². The van der Waals surface area contributed by atoms with Crippen LogP contribution in [0.1, 0.15) is 78.5 Å². The highest BCUT2D eigenvalue weighted by Crippen LogP contribution is 2.40. The number of amides is 1. The minimum absolute atomic E-state index is 0.0904. The van der Waals surface area contributed by atoms with Gasteiger partial charge in [-0.25, -0.2) is 8.42 Å². The van der Waals surface area contributed by atoms with Crippen molar-refractivity contribution in [3.8, 4) is 0 Å². The Labute approximate surface area is 212 Å². The number of carbonyl (C=O) groups is 1. The summed E-state index contributed by atoms with van der Waals surface area (Å²) in [5.74, 6) is 0.874. The second-order valence-electron chi connectivity index (χ2n) is 10.7. The van der Waals surface area contributed by atoms with Crippen LogP contribution in [0, 0.1) is 5.92 Å². The highest BCUT2D eigenvalue weighted by Gasteiger charge is 2.31. The highest BCUT2D eigenvalue weighted by molar-refractivity contribution is 7.91. The van der Waals surface area contributed by atoms with Crippen LogP contribution >= 0.6 is 0 Å². The van der Waals surface area contributed by atoms with Gasteiger partial charge in [0.25, 0.3) is 5.91 Å². The number of hydrogen-bond acceptors (Lipinski definition) is 5. The third kappa shape index (κ3) is 5.04. The van der Waals surface area contributed by atoms with Gasteiger partial charge in [-0.3, -0.25) is 9.78 Å². The van der Waals surface area contributed by atoms with E-state index in [4.69, 9.17) is 4.98 Å². The van der Waals surface area contributed by atoms with Crippen LogP contribution in [0.15, 0.2) is 59.5 Å². The van der Waals surface area contributed by atoms with Crippen molar-refractivity contribution in [1.82, 2.24) is 15.6 Å². The number of nitrogens with zero attached hydrogens (tertiary/aromatic N) is 1. The Kier molecular flexibility index (Phi) is 6.30. The fourth-order valence-corrected chi connectivity index (χ4v) is 7.04. The van der Waals surface area contributed by atoms with Crippen molar-refractivity contribution in [2.24, 2.45) is 5.92 Å². The van der Waals surface area contributed by atoms with E-state index in [1.54, 1.807) is 12.1 Å². The lowest BCUT2D eigenvalue weighted by Crippen LogP contribution is -2.46. The summed E-state index contributed by atoms with van der Waals surface area (Å²) in [5.41, 5.74) is 3.43. The average molecular weight is 504 g/mol. The first-order valence-electron chi connectivity index (χ1n) is 13.2. The molecule has 3 aromatic rings. The molecular weight excluding hydrogens is 470 g/mol. The summed E-state index contributed by atoms with van der Waals surface area (Å²) >= 11 is 0. The lowest BCUT2D eigenvalue weighted by molar-refractivity contribution is 0.0924. The van der Waals surface area contributed by atoms with E-state index < -0.39 is 9.84 Å². The van der Waals surface area contributed by atoms with Gasteiger partial charge in [0.2, 0.25) is 0 Å². The zero-order valence-corrected chi connectivity index (χ0v) is 21.3. The first-order chi connectivity index (χ1) is 17.5. The zero-order chi connectivity index (χ0) is 24.7. The van der Waals surface area contributed by atoms with E-state index in [1.165, 1.54) is 0 Å². The SMILES string of the molecule is O=C(NC(c1ccc(S(=O)(=O)CC2CC2)cc1)C1CCCCN1)c1cc(C2CC2)nc2ccccc12. The number of aromatic nitrogens is 1. The maximum atomic E-state index is 13.8. The van der Waals surface area contributed by atoms with E-state index >= 15 is 0 Å². The fourth-order valence-electron chi connectivity index (χ4n) is 5.34. The number of benzene rings is 2. The van der Waals surface area contributed by atoms with Crippen LogP contribution in [0.5, 0.6) is 0 Å². The Bertz CT molecular complexity index is 1370. The van der Waals surface area contributed by atoms with Gasteiger partial charge < -0.3 is 10.6 Å². The van der Waals surface area contributed by atoms with Gasteiger partial charge in [0.15, 0.2) is 9.84 Å². The molecule has 7 heteroatoms. The van der Waals surface area contributed by atoms with Crippen LogP contribution in [0.25, 0.3) is 10.9 Å². The summed E-state index contributed by atoms with van der Waals surface area (Å²) in [5, 5.41) is 7.76. The number of carbonyl (C=O) groups excluding carboxylic acids is 1. The fraction of sp³-hybridized carbons (Fsp3) is 0.448. The summed E-state index contributed by atoms with van der Waals surface area (Å²) in [6.45, 7) is 0.912. The molecule has 36 heavy (non-hydrogen) atoms. The van der Waals surface area contributed by atoms with Crippen molar-refractivity contribution in [3.05, 3.63) is 71.4 Å². The van der Waals surface area contributed by atoms with Gasteiger partial charge in [-0.1, -0.05) is 36.8 Å². The molecule has 0 bridgehead atoms. The highest BCUT2D eigenvalue weighted by atomic mass is 32.2. The van der Waals surface area contributed by atoms with Crippen LogP contribution in [-0.4, -0.2) is 37.6 Å². The number of rotatable bonds is 8. The largest absolute Gasteiger partial charge is 0.344 e. The molecule has 2 heterocycles. The quantitative estimate of drug-likeness (QED) is 0.456. The molecule has 6 nitrogen and oxygen atoms in total.